The number of nitrogens with zero attached hydrogens (tertiary/aromatic N) is 3. The lowest BCUT2D eigenvalue weighted by atomic mass is 10.2. The first kappa shape index (κ1) is 9.65. The van der Waals surface area contributed by atoms with E-state index in [4.69, 9.17) is 5.73 Å². The SMILES string of the molecule is Nc1ccc(-c2nnc3ccc(O)cn23)cc1. The molecule has 0 aliphatic carbocycles. The maximum Gasteiger partial charge on any atom is 0.168 e. The van der Waals surface area contributed by atoms with Crippen molar-refractivity contribution < 1.29 is 5.11 Å². The van der Waals surface area contributed by atoms with E-state index in [9.17, 15) is 5.11 Å². The fourth-order valence-corrected chi connectivity index (χ4v) is 1.71. The van der Waals surface area contributed by atoms with Gasteiger partial charge in [0, 0.05) is 11.3 Å². The summed E-state index contributed by atoms with van der Waals surface area (Å²) in [5.74, 6) is 0.852. The highest BCUT2D eigenvalue weighted by Gasteiger charge is 2.07. The first-order valence-electron chi connectivity index (χ1n) is 5.14. The number of hydrogen-bond acceptors (Lipinski definition) is 4. The van der Waals surface area contributed by atoms with Crippen molar-refractivity contribution >= 4 is 11.3 Å². The third-order valence-corrected chi connectivity index (χ3v) is 2.56. The predicted molar refractivity (Wildman–Crippen MR) is 64.5 cm³/mol. The monoisotopic (exact) mass is 226 g/mol. The van der Waals surface area contributed by atoms with Gasteiger partial charge in [0.1, 0.15) is 5.75 Å². The lowest BCUT2D eigenvalue weighted by Gasteiger charge is -2.01. The Balaban J connectivity index is 2.23. The Morgan fingerprint density at radius 3 is 2.53 bits per heavy atom. The van der Waals surface area contributed by atoms with Crippen LogP contribution in [0.15, 0.2) is 42.6 Å². The van der Waals surface area contributed by atoms with Crippen LogP contribution in [0.4, 0.5) is 5.69 Å². The average Bonchev–Trinajstić information content (AvgIpc) is 2.73. The molecule has 3 aromatic rings. The molecule has 17 heavy (non-hydrogen) atoms. The van der Waals surface area contributed by atoms with Gasteiger partial charge in [0.2, 0.25) is 0 Å². The summed E-state index contributed by atoms with van der Waals surface area (Å²) in [5, 5.41) is 17.6. The third kappa shape index (κ3) is 1.57. The Bertz CT molecular complexity index is 673. The highest BCUT2D eigenvalue weighted by molar-refractivity contribution is 5.62. The first-order valence-corrected chi connectivity index (χ1v) is 5.14. The van der Waals surface area contributed by atoms with Crippen molar-refractivity contribution in [2.45, 2.75) is 0 Å². The molecular formula is C12H10N4O. The Labute approximate surface area is 97.1 Å². The predicted octanol–water partition coefficient (Wildman–Crippen LogP) is 1.68. The number of hydrogen-bond donors (Lipinski definition) is 2. The Hall–Kier alpha value is -2.56. The van der Waals surface area contributed by atoms with E-state index in [2.05, 4.69) is 10.2 Å². The molecule has 0 bridgehead atoms. The summed E-state index contributed by atoms with van der Waals surface area (Å²) >= 11 is 0. The van der Waals surface area contributed by atoms with Gasteiger partial charge < -0.3 is 10.8 Å². The smallest absolute Gasteiger partial charge is 0.168 e. The second-order valence-electron chi connectivity index (χ2n) is 3.76. The number of nitrogen functional groups attached to an aromatic ring is 1. The molecule has 0 saturated carbocycles. The van der Waals surface area contributed by atoms with Gasteiger partial charge in [-0.2, -0.15) is 0 Å². The van der Waals surface area contributed by atoms with Crippen LogP contribution in [0.3, 0.4) is 0 Å². The van der Waals surface area contributed by atoms with Crippen molar-refractivity contribution in [2.24, 2.45) is 0 Å². The van der Waals surface area contributed by atoms with Crippen molar-refractivity contribution in [1.29, 1.82) is 0 Å². The van der Waals surface area contributed by atoms with Crippen LogP contribution < -0.4 is 5.73 Å². The molecule has 0 aliphatic rings. The van der Waals surface area contributed by atoms with Crippen LogP contribution in [0.5, 0.6) is 5.75 Å². The number of anilines is 1. The van der Waals surface area contributed by atoms with Crippen LogP contribution in [0, 0.1) is 0 Å². The molecule has 0 unspecified atom stereocenters. The minimum atomic E-state index is 0.175. The van der Waals surface area contributed by atoms with Crippen LogP contribution >= 0.6 is 0 Å². The Kier molecular flexibility index (Phi) is 1.98. The van der Waals surface area contributed by atoms with Crippen LogP contribution in [0.1, 0.15) is 0 Å². The third-order valence-electron chi connectivity index (χ3n) is 2.56. The quantitative estimate of drug-likeness (QED) is 0.619. The van der Waals surface area contributed by atoms with Crippen molar-refractivity contribution in [3.8, 4) is 17.1 Å². The number of nitrogens with two attached hydrogens (primary N) is 1. The van der Waals surface area contributed by atoms with Crippen molar-refractivity contribution in [1.82, 2.24) is 14.6 Å². The number of aromatic nitrogens is 3. The zero-order chi connectivity index (χ0) is 11.8. The maximum absolute atomic E-state index is 9.47. The molecule has 0 saturated heterocycles. The van der Waals surface area contributed by atoms with Gasteiger partial charge in [0.05, 0.1) is 6.20 Å². The van der Waals surface area contributed by atoms with Crippen molar-refractivity contribution in [3.05, 3.63) is 42.6 Å². The zero-order valence-corrected chi connectivity index (χ0v) is 8.91. The molecule has 0 fully saturated rings. The Morgan fingerprint density at radius 1 is 1.00 bits per heavy atom. The topological polar surface area (TPSA) is 76.4 Å². The fraction of sp³-hybridized carbons (Fsp3) is 0. The highest BCUT2D eigenvalue weighted by atomic mass is 16.3. The van der Waals surface area contributed by atoms with Crippen molar-refractivity contribution in [2.75, 3.05) is 5.73 Å². The van der Waals surface area contributed by atoms with Crippen LogP contribution in [0.25, 0.3) is 17.0 Å². The molecule has 0 amide bonds. The van der Waals surface area contributed by atoms with Gasteiger partial charge in [-0.1, -0.05) is 0 Å². The minimum Gasteiger partial charge on any atom is -0.506 e. The molecule has 0 spiro atoms. The molecule has 3 N–H and O–H groups in total. The second kappa shape index (κ2) is 3.48. The molecule has 5 heteroatoms. The van der Waals surface area contributed by atoms with Gasteiger partial charge in [0.25, 0.3) is 0 Å². The summed E-state index contributed by atoms with van der Waals surface area (Å²) in [6.45, 7) is 0. The van der Waals surface area contributed by atoms with E-state index < -0.39 is 0 Å². The minimum absolute atomic E-state index is 0.175. The fourth-order valence-electron chi connectivity index (χ4n) is 1.71. The molecule has 3 rings (SSSR count). The average molecular weight is 226 g/mol. The van der Waals surface area contributed by atoms with Crippen molar-refractivity contribution in [3.63, 3.8) is 0 Å². The normalized spacial score (nSPS) is 10.8. The number of pyridine rings is 1. The molecule has 5 nitrogen and oxygen atoms in total. The molecule has 84 valence electrons. The molecule has 1 aromatic carbocycles. The van der Waals surface area contributed by atoms with E-state index in [-0.39, 0.29) is 5.75 Å². The standard InChI is InChI=1S/C12H10N4O/c13-9-3-1-8(2-4-9)12-15-14-11-6-5-10(17)7-16(11)12/h1-7,17H,13H2. The van der Waals surface area contributed by atoms with Crippen LogP contribution in [-0.4, -0.2) is 19.7 Å². The summed E-state index contributed by atoms with van der Waals surface area (Å²) in [6, 6.07) is 10.6. The summed E-state index contributed by atoms with van der Waals surface area (Å²) in [4.78, 5) is 0. The lowest BCUT2D eigenvalue weighted by Crippen LogP contribution is -1.90. The summed E-state index contributed by atoms with van der Waals surface area (Å²) in [5.41, 5.74) is 7.92. The molecule has 2 heterocycles. The van der Waals surface area contributed by atoms with Gasteiger partial charge in [-0.05, 0) is 36.4 Å². The highest BCUT2D eigenvalue weighted by Crippen LogP contribution is 2.21. The van der Waals surface area contributed by atoms with E-state index in [0.29, 0.717) is 17.2 Å². The number of fused-ring (bicyclic) bond motifs is 1. The summed E-state index contributed by atoms with van der Waals surface area (Å²) in [7, 11) is 0. The summed E-state index contributed by atoms with van der Waals surface area (Å²) < 4.78 is 1.74. The number of rotatable bonds is 1. The Morgan fingerprint density at radius 2 is 1.76 bits per heavy atom. The van der Waals surface area contributed by atoms with E-state index in [0.717, 1.165) is 5.56 Å². The molecule has 0 aliphatic heterocycles. The van der Waals surface area contributed by atoms with E-state index in [1.807, 2.05) is 12.1 Å². The largest absolute Gasteiger partial charge is 0.506 e. The van der Waals surface area contributed by atoms with Gasteiger partial charge in [-0.15, -0.1) is 10.2 Å². The molecule has 2 aromatic heterocycles. The first-order chi connectivity index (χ1) is 8.24. The van der Waals surface area contributed by atoms with Gasteiger partial charge in [0.15, 0.2) is 11.5 Å². The molecule has 0 radical (unpaired) electrons. The van der Waals surface area contributed by atoms with Crippen LogP contribution in [-0.2, 0) is 0 Å². The van der Waals surface area contributed by atoms with E-state index in [1.165, 1.54) is 0 Å². The van der Waals surface area contributed by atoms with Crippen LogP contribution in [0.2, 0.25) is 0 Å². The van der Waals surface area contributed by atoms with E-state index >= 15 is 0 Å². The lowest BCUT2D eigenvalue weighted by molar-refractivity contribution is 0.472. The maximum atomic E-state index is 9.47. The second-order valence-corrected chi connectivity index (χ2v) is 3.76. The molecular weight excluding hydrogens is 216 g/mol. The summed E-state index contributed by atoms with van der Waals surface area (Å²) in [6.07, 6.45) is 1.58. The number of aromatic hydroxyl groups is 1. The zero-order valence-electron chi connectivity index (χ0n) is 8.91. The molecule has 0 atom stereocenters. The van der Waals surface area contributed by atoms with Gasteiger partial charge >= 0.3 is 0 Å². The van der Waals surface area contributed by atoms with E-state index in [1.54, 1.807) is 34.9 Å². The van der Waals surface area contributed by atoms with Gasteiger partial charge in [-0.25, -0.2) is 0 Å². The van der Waals surface area contributed by atoms with Gasteiger partial charge in [-0.3, -0.25) is 4.40 Å². The number of benzene rings is 1.